The number of sulfonamides is 1. The van der Waals surface area contributed by atoms with Crippen LogP contribution in [0.5, 0.6) is 5.75 Å². The van der Waals surface area contributed by atoms with Crippen LogP contribution in [0.25, 0.3) is 0 Å². The van der Waals surface area contributed by atoms with Gasteiger partial charge in [0.05, 0.1) is 19.1 Å². The van der Waals surface area contributed by atoms with Gasteiger partial charge in [-0.2, -0.15) is 0 Å². The Labute approximate surface area is 165 Å². The van der Waals surface area contributed by atoms with Crippen LogP contribution in [0.2, 0.25) is 0 Å². The number of hydrogen-bond acceptors (Lipinski definition) is 5. The highest BCUT2D eigenvalue weighted by Crippen LogP contribution is 2.32. The SMILES string of the molecule is COc1ccc(C)cc1N([C@@H](C)C(=O)Nc1cccc(C(C)=O)c1)S(C)(=O)=O. The monoisotopic (exact) mass is 404 g/mol. The molecule has 0 spiro atoms. The first-order valence-electron chi connectivity index (χ1n) is 8.60. The van der Waals surface area contributed by atoms with Gasteiger partial charge in [0, 0.05) is 11.3 Å². The molecule has 2 aromatic carbocycles. The van der Waals surface area contributed by atoms with Crippen molar-refractivity contribution in [2.75, 3.05) is 23.0 Å². The third kappa shape index (κ3) is 4.89. The normalized spacial score (nSPS) is 12.2. The van der Waals surface area contributed by atoms with Crippen molar-refractivity contribution >= 4 is 33.1 Å². The molecule has 1 N–H and O–H groups in total. The first-order valence-corrected chi connectivity index (χ1v) is 10.5. The highest BCUT2D eigenvalue weighted by atomic mass is 32.2. The predicted molar refractivity (Wildman–Crippen MR) is 110 cm³/mol. The first kappa shape index (κ1) is 21.4. The second kappa shape index (κ2) is 8.43. The molecule has 0 bridgehead atoms. The van der Waals surface area contributed by atoms with E-state index in [4.69, 9.17) is 4.74 Å². The number of ether oxygens (including phenoxy) is 1. The number of carbonyl (C=O) groups excluding carboxylic acids is 2. The molecule has 150 valence electrons. The number of benzene rings is 2. The van der Waals surface area contributed by atoms with Crippen LogP contribution in [-0.2, 0) is 14.8 Å². The van der Waals surface area contributed by atoms with Crippen molar-refractivity contribution in [2.24, 2.45) is 0 Å². The van der Waals surface area contributed by atoms with Crippen LogP contribution in [0.1, 0.15) is 29.8 Å². The number of Topliss-reactive ketones (excluding diaryl/α,β-unsaturated/α-hetero) is 1. The van der Waals surface area contributed by atoms with Crippen LogP contribution in [0.15, 0.2) is 42.5 Å². The van der Waals surface area contributed by atoms with Crippen molar-refractivity contribution in [1.82, 2.24) is 0 Å². The number of methoxy groups -OCH3 is 1. The van der Waals surface area contributed by atoms with Gasteiger partial charge in [0.15, 0.2) is 5.78 Å². The predicted octanol–water partition coefficient (Wildman–Crippen LogP) is 3.00. The maximum absolute atomic E-state index is 12.8. The minimum Gasteiger partial charge on any atom is -0.495 e. The van der Waals surface area contributed by atoms with Crippen molar-refractivity contribution < 1.29 is 22.7 Å². The molecule has 0 saturated heterocycles. The summed E-state index contributed by atoms with van der Waals surface area (Å²) in [5.74, 6) is -0.324. The van der Waals surface area contributed by atoms with Crippen LogP contribution in [-0.4, -0.2) is 39.5 Å². The van der Waals surface area contributed by atoms with E-state index < -0.39 is 22.0 Å². The Kier molecular flexibility index (Phi) is 6.45. The molecule has 0 aromatic heterocycles. The second-order valence-electron chi connectivity index (χ2n) is 6.54. The minimum atomic E-state index is -3.79. The molecule has 1 amide bonds. The molecule has 0 heterocycles. The molecule has 0 saturated carbocycles. The Hall–Kier alpha value is -2.87. The Morgan fingerprint density at radius 3 is 2.39 bits per heavy atom. The van der Waals surface area contributed by atoms with E-state index in [0.29, 0.717) is 17.0 Å². The van der Waals surface area contributed by atoms with Crippen molar-refractivity contribution in [1.29, 1.82) is 0 Å². The maximum atomic E-state index is 12.8. The van der Waals surface area contributed by atoms with E-state index >= 15 is 0 Å². The number of amides is 1. The van der Waals surface area contributed by atoms with Crippen LogP contribution < -0.4 is 14.4 Å². The zero-order valence-corrected chi connectivity index (χ0v) is 17.3. The van der Waals surface area contributed by atoms with E-state index in [-0.39, 0.29) is 11.5 Å². The zero-order valence-electron chi connectivity index (χ0n) is 16.5. The van der Waals surface area contributed by atoms with Gasteiger partial charge in [0.1, 0.15) is 11.8 Å². The van der Waals surface area contributed by atoms with Gasteiger partial charge in [-0.25, -0.2) is 8.42 Å². The Balaban J connectivity index is 2.40. The first-order chi connectivity index (χ1) is 13.0. The smallest absolute Gasteiger partial charge is 0.247 e. The number of carbonyl (C=O) groups is 2. The summed E-state index contributed by atoms with van der Waals surface area (Å²) in [5.41, 5.74) is 1.97. The van der Waals surface area contributed by atoms with Gasteiger partial charge in [-0.15, -0.1) is 0 Å². The lowest BCUT2D eigenvalue weighted by Crippen LogP contribution is -2.45. The average Bonchev–Trinajstić information content (AvgIpc) is 2.61. The van der Waals surface area contributed by atoms with E-state index in [1.54, 1.807) is 42.5 Å². The van der Waals surface area contributed by atoms with E-state index in [0.717, 1.165) is 16.1 Å². The Bertz CT molecular complexity index is 1000. The molecule has 0 radical (unpaired) electrons. The third-order valence-corrected chi connectivity index (χ3v) is 5.42. The molecule has 0 aliphatic heterocycles. The number of nitrogens with one attached hydrogen (secondary N) is 1. The largest absolute Gasteiger partial charge is 0.495 e. The van der Waals surface area contributed by atoms with E-state index in [1.807, 2.05) is 6.92 Å². The van der Waals surface area contributed by atoms with Crippen LogP contribution in [0.4, 0.5) is 11.4 Å². The maximum Gasteiger partial charge on any atom is 0.247 e. The molecule has 7 nitrogen and oxygen atoms in total. The molecule has 8 heteroatoms. The summed E-state index contributed by atoms with van der Waals surface area (Å²) < 4.78 is 31.3. The fourth-order valence-electron chi connectivity index (χ4n) is 2.82. The van der Waals surface area contributed by atoms with Gasteiger partial charge in [0.25, 0.3) is 0 Å². The minimum absolute atomic E-state index is 0.133. The molecule has 0 fully saturated rings. The van der Waals surface area contributed by atoms with Crippen LogP contribution >= 0.6 is 0 Å². The third-order valence-electron chi connectivity index (χ3n) is 4.20. The number of rotatable bonds is 7. The van der Waals surface area contributed by atoms with Gasteiger partial charge >= 0.3 is 0 Å². The summed E-state index contributed by atoms with van der Waals surface area (Å²) in [6.45, 7) is 4.74. The summed E-state index contributed by atoms with van der Waals surface area (Å²) in [5, 5.41) is 2.67. The molecule has 0 unspecified atom stereocenters. The molecule has 28 heavy (non-hydrogen) atoms. The number of ketones is 1. The van der Waals surface area contributed by atoms with Crippen molar-refractivity contribution in [3.8, 4) is 5.75 Å². The Morgan fingerprint density at radius 1 is 1.14 bits per heavy atom. The lowest BCUT2D eigenvalue weighted by Gasteiger charge is -2.29. The van der Waals surface area contributed by atoms with Crippen LogP contribution in [0, 0.1) is 6.92 Å². The van der Waals surface area contributed by atoms with E-state index in [9.17, 15) is 18.0 Å². The van der Waals surface area contributed by atoms with Crippen LogP contribution in [0.3, 0.4) is 0 Å². The van der Waals surface area contributed by atoms with E-state index in [1.165, 1.54) is 21.0 Å². The topological polar surface area (TPSA) is 92.8 Å². The summed E-state index contributed by atoms with van der Waals surface area (Å²) in [7, 11) is -2.35. The molecule has 2 aromatic rings. The Morgan fingerprint density at radius 2 is 1.82 bits per heavy atom. The lowest BCUT2D eigenvalue weighted by atomic mass is 10.1. The fraction of sp³-hybridized carbons (Fsp3) is 0.300. The average molecular weight is 404 g/mol. The van der Waals surface area contributed by atoms with Gasteiger partial charge in [-0.1, -0.05) is 18.2 Å². The number of anilines is 2. The zero-order chi connectivity index (χ0) is 21.1. The fourth-order valence-corrected chi connectivity index (χ4v) is 3.99. The second-order valence-corrected chi connectivity index (χ2v) is 8.40. The summed E-state index contributed by atoms with van der Waals surface area (Å²) in [6, 6.07) is 10.5. The summed E-state index contributed by atoms with van der Waals surface area (Å²) >= 11 is 0. The van der Waals surface area contributed by atoms with Crippen molar-refractivity contribution in [3.63, 3.8) is 0 Å². The molecule has 2 rings (SSSR count). The van der Waals surface area contributed by atoms with Gasteiger partial charge in [0.2, 0.25) is 15.9 Å². The number of hydrogen-bond donors (Lipinski definition) is 1. The van der Waals surface area contributed by atoms with Gasteiger partial charge in [-0.3, -0.25) is 13.9 Å². The summed E-state index contributed by atoms with van der Waals surface area (Å²) in [4.78, 5) is 24.3. The highest BCUT2D eigenvalue weighted by Gasteiger charge is 2.31. The molecular weight excluding hydrogens is 380 g/mol. The lowest BCUT2D eigenvalue weighted by molar-refractivity contribution is -0.116. The quantitative estimate of drug-likeness (QED) is 0.716. The van der Waals surface area contributed by atoms with Crippen molar-refractivity contribution in [3.05, 3.63) is 53.6 Å². The van der Waals surface area contributed by atoms with Gasteiger partial charge < -0.3 is 10.1 Å². The number of aryl methyl sites for hydroxylation is 1. The van der Waals surface area contributed by atoms with Crippen molar-refractivity contribution in [2.45, 2.75) is 26.8 Å². The number of nitrogens with zero attached hydrogens (tertiary/aromatic N) is 1. The molecule has 1 atom stereocenters. The summed E-state index contributed by atoms with van der Waals surface area (Å²) in [6.07, 6.45) is 1.04. The van der Waals surface area contributed by atoms with Gasteiger partial charge in [-0.05, 0) is 50.6 Å². The highest BCUT2D eigenvalue weighted by molar-refractivity contribution is 7.92. The molecular formula is C20H24N2O5S. The standard InChI is InChI=1S/C20H24N2O5S/c1-13-9-10-19(27-4)18(11-13)22(28(5,25)26)14(2)20(24)21-17-8-6-7-16(12-17)15(3)23/h6-12,14H,1-5H3,(H,21,24)/t14-/m0/s1. The van der Waals surface area contributed by atoms with E-state index in [2.05, 4.69) is 5.32 Å². The molecule has 0 aliphatic carbocycles. The molecule has 0 aliphatic rings.